The summed E-state index contributed by atoms with van der Waals surface area (Å²) in [7, 11) is 0. The van der Waals surface area contributed by atoms with E-state index in [4.69, 9.17) is 16.2 Å². The van der Waals surface area contributed by atoms with Gasteiger partial charge in [-0.25, -0.2) is 9.59 Å². The van der Waals surface area contributed by atoms with Crippen molar-refractivity contribution in [1.82, 2.24) is 9.13 Å². The van der Waals surface area contributed by atoms with E-state index in [0.717, 1.165) is 15.7 Å². The predicted molar refractivity (Wildman–Crippen MR) is 124 cm³/mol. The minimum absolute atomic E-state index is 0.00711. The van der Waals surface area contributed by atoms with Gasteiger partial charge in [-0.1, -0.05) is 49.4 Å². The van der Waals surface area contributed by atoms with Crippen LogP contribution in [0.3, 0.4) is 0 Å². The van der Waals surface area contributed by atoms with Gasteiger partial charge in [-0.15, -0.1) is 0 Å². The van der Waals surface area contributed by atoms with Crippen LogP contribution in [0.1, 0.15) is 24.5 Å². The molecule has 1 heterocycles. The Morgan fingerprint density at radius 2 is 1.62 bits per heavy atom. The van der Waals surface area contributed by atoms with Crippen molar-refractivity contribution in [2.75, 3.05) is 16.8 Å². The zero-order chi connectivity index (χ0) is 23.1. The van der Waals surface area contributed by atoms with Gasteiger partial charge >= 0.3 is 11.8 Å². The minimum Gasteiger partial charge on any atom is -0.444 e. The largest absolute Gasteiger partial charge is 0.444 e. The summed E-state index contributed by atoms with van der Waals surface area (Å²) in [6.07, 6.45) is 0.565. The Hall–Kier alpha value is -4.01. The maximum atomic E-state index is 12.6. The van der Waals surface area contributed by atoms with Crippen LogP contribution in [0.25, 0.3) is 0 Å². The molecule has 9 heteroatoms. The lowest BCUT2D eigenvalue weighted by molar-refractivity contribution is 0.155. The fourth-order valence-corrected chi connectivity index (χ4v) is 3.25. The topological polar surface area (TPSA) is 134 Å². The van der Waals surface area contributed by atoms with Crippen LogP contribution in [0.2, 0.25) is 0 Å². The number of carbonyl (C=O) groups excluding carboxylic acids is 1. The summed E-state index contributed by atoms with van der Waals surface area (Å²) in [5, 5.41) is 2.67. The van der Waals surface area contributed by atoms with Gasteiger partial charge < -0.3 is 16.2 Å². The second kappa shape index (κ2) is 10.3. The fourth-order valence-electron chi connectivity index (χ4n) is 3.25. The molecule has 0 aliphatic rings. The maximum absolute atomic E-state index is 12.6. The average molecular weight is 438 g/mol. The predicted octanol–water partition coefficient (Wildman–Crippen LogP) is 2.58. The molecular weight excluding hydrogens is 410 g/mol. The maximum Gasteiger partial charge on any atom is 0.411 e. The summed E-state index contributed by atoms with van der Waals surface area (Å²) in [5.74, 6) is 0.00711. The highest BCUT2D eigenvalue weighted by molar-refractivity contribution is 5.84. The highest BCUT2D eigenvalue weighted by Gasteiger charge is 2.14. The standard InChI is InChI=1S/C23H27N5O4/c1-2-13-27-20(25)19(24)21(29)28(23(27)31)14-12-16-8-10-18(11-9-16)26-22(30)32-15-17-6-4-3-5-7-17/h3-11H,2,12-15,24-25H2,1H3,(H,26,30). The molecule has 2 aromatic carbocycles. The highest BCUT2D eigenvalue weighted by Crippen LogP contribution is 2.12. The molecule has 0 radical (unpaired) electrons. The van der Waals surface area contributed by atoms with Gasteiger partial charge in [-0.05, 0) is 36.1 Å². The van der Waals surface area contributed by atoms with E-state index < -0.39 is 17.3 Å². The number of nitrogen functional groups attached to an aromatic ring is 2. The van der Waals surface area contributed by atoms with Crippen molar-refractivity contribution < 1.29 is 9.53 Å². The Morgan fingerprint density at radius 1 is 0.938 bits per heavy atom. The molecule has 0 saturated carbocycles. The quantitative estimate of drug-likeness (QED) is 0.496. The van der Waals surface area contributed by atoms with Gasteiger partial charge in [0.05, 0.1) is 0 Å². The molecule has 0 atom stereocenters. The summed E-state index contributed by atoms with van der Waals surface area (Å²) >= 11 is 0. The number of amides is 1. The number of rotatable bonds is 8. The molecule has 1 aromatic heterocycles. The van der Waals surface area contributed by atoms with Crippen LogP contribution in [-0.2, 0) is 30.9 Å². The Bertz CT molecular complexity index is 1180. The number of nitrogens with one attached hydrogen (secondary N) is 1. The number of nitrogens with two attached hydrogens (primary N) is 2. The molecule has 0 aliphatic heterocycles. The summed E-state index contributed by atoms with van der Waals surface area (Å²) < 4.78 is 7.63. The number of hydrogen-bond acceptors (Lipinski definition) is 6. The van der Waals surface area contributed by atoms with E-state index >= 15 is 0 Å². The first kappa shape index (κ1) is 22.7. The van der Waals surface area contributed by atoms with Gasteiger partial charge in [0.15, 0.2) is 0 Å². The summed E-state index contributed by atoms with van der Waals surface area (Å²) in [4.78, 5) is 37.0. The zero-order valence-corrected chi connectivity index (χ0v) is 17.9. The summed E-state index contributed by atoms with van der Waals surface area (Å²) in [5.41, 5.74) is 12.8. The van der Waals surface area contributed by atoms with Gasteiger partial charge in [0, 0.05) is 18.8 Å². The van der Waals surface area contributed by atoms with Crippen molar-refractivity contribution in [3.8, 4) is 0 Å². The van der Waals surface area contributed by atoms with E-state index in [-0.39, 0.29) is 24.7 Å². The molecule has 0 spiro atoms. The van der Waals surface area contributed by atoms with Crippen LogP contribution in [-0.4, -0.2) is 15.2 Å². The van der Waals surface area contributed by atoms with E-state index in [2.05, 4.69) is 5.32 Å². The zero-order valence-electron chi connectivity index (χ0n) is 17.9. The molecule has 3 aromatic rings. The molecule has 32 heavy (non-hydrogen) atoms. The third-order valence-corrected chi connectivity index (χ3v) is 4.99. The molecule has 5 N–H and O–H groups in total. The van der Waals surface area contributed by atoms with Crippen LogP contribution >= 0.6 is 0 Å². The van der Waals surface area contributed by atoms with Crippen molar-refractivity contribution in [1.29, 1.82) is 0 Å². The number of ether oxygens (including phenoxy) is 1. The van der Waals surface area contributed by atoms with Crippen molar-refractivity contribution >= 4 is 23.3 Å². The van der Waals surface area contributed by atoms with Crippen LogP contribution in [0.15, 0.2) is 64.2 Å². The molecule has 1 amide bonds. The Balaban J connectivity index is 1.61. The van der Waals surface area contributed by atoms with Gasteiger partial charge in [0.1, 0.15) is 18.1 Å². The number of aryl methyl sites for hydroxylation is 1. The van der Waals surface area contributed by atoms with Crippen molar-refractivity contribution in [3.63, 3.8) is 0 Å². The van der Waals surface area contributed by atoms with E-state index in [1.807, 2.05) is 49.4 Å². The number of nitrogens with zero attached hydrogens (tertiary/aromatic N) is 2. The third-order valence-electron chi connectivity index (χ3n) is 4.99. The third kappa shape index (κ3) is 5.37. The van der Waals surface area contributed by atoms with E-state index in [1.54, 1.807) is 12.1 Å². The Labute approximate surface area is 185 Å². The summed E-state index contributed by atoms with van der Waals surface area (Å²) in [6, 6.07) is 16.5. The first-order valence-electron chi connectivity index (χ1n) is 10.4. The number of anilines is 3. The molecular formula is C23H27N5O4. The lowest BCUT2D eigenvalue weighted by Gasteiger charge is -2.14. The monoisotopic (exact) mass is 437 g/mol. The second-order valence-corrected chi connectivity index (χ2v) is 7.32. The lowest BCUT2D eigenvalue weighted by atomic mass is 10.1. The van der Waals surface area contributed by atoms with Crippen LogP contribution in [0, 0.1) is 0 Å². The van der Waals surface area contributed by atoms with Crippen molar-refractivity contribution in [3.05, 3.63) is 86.6 Å². The van der Waals surface area contributed by atoms with Gasteiger partial charge in [0.25, 0.3) is 5.56 Å². The number of benzene rings is 2. The van der Waals surface area contributed by atoms with Gasteiger partial charge in [-0.2, -0.15) is 0 Å². The molecule has 168 valence electrons. The van der Waals surface area contributed by atoms with Crippen molar-refractivity contribution in [2.45, 2.75) is 39.5 Å². The molecule has 0 aliphatic carbocycles. The van der Waals surface area contributed by atoms with Crippen LogP contribution < -0.4 is 28.0 Å². The minimum atomic E-state index is -0.584. The van der Waals surface area contributed by atoms with Crippen LogP contribution in [0.4, 0.5) is 22.0 Å². The molecule has 3 rings (SSSR count). The Kier molecular flexibility index (Phi) is 7.33. The first-order valence-corrected chi connectivity index (χ1v) is 10.4. The molecule has 0 fully saturated rings. The Morgan fingerprint density at radius 3 is 2.28 bits per heavy atom. The summed E-state index contributed by atoms with van der Waals surface area (Å²) in [6.45, 7) is 2.64. The molecule has 0 bridgehead atoms. The normalized spacial score (nSPS) is 10.7. The second-order valence-electron chi connectivity index (χ2n) is 7.32. The molecule has 9 nitrogen and oxygen atoms in total. The van der Waals surface area contributed by atoms with Gasteiger partial charge in [0.2, 0.25) is 0 Å². The SMILES string of the molecule is CCCn1c(N)c(N)c(=O)n(CCc2ccc(NC(=O)OCc3ccccc3)cc2)c1=O. The smallest absolute Gasteiger partial charge is 0.411 e. The fraction of sp³-hybridized carbons (Fsp3) is 0.261. The number of aromatic nitrogens is 2. The van der Waals surface area contributed by atoms with E-state index in [0.29, 0.717) is 25.1 Å². The van der Waals surface area contributed by atoms with Crippen LogP contribution in [0.5, 0.6) is 0 Å². The lowest BCUT2D eigenvalue weighted by Crippen LogP contribution is -2.42. The molecule has 0 unspecified atom stereocenters. The first-order chi connectivity index (χ1) is 15.4. The number of carbonyl (C=O) groups is 1. The average Bonchev–Trinajstić information content (AvgIpc) is 2.81. The molecule has 0 saturated heterocycles. The highest BCUT2D eigenvalue weighted by atomic mass is 16.5. The van der Waals surface area contributed by atoms with E-state index in [1.165, 1.54) is 4.57 Å². The van der Waals surface area contributed by atoms with E-state index in [9.17, 15) is 14.4 Å². The number of hydrogen-bond donors (Lipinski definition) is 3. The van der Waals surface area contributed by atoms with Gasteiger partial charge in [-0.3, -0.25) is 19.2 Å². The van der Waals surface area contributed by atoms with Crippen molar-refractivity contribution in [2.24, 2.45) is 0 Å².